The molecule has 0 spiro atoms. The van der Waals surface area contributed by atoms with Crippen LogP contribution in [-0.4, -0.2) is 63.7 Å². The number of nitrogens with zero attached hydrogens (tertiary/aromatic N) is 4. The molecule has 0 saturated carbocycles. The van der Waals surface area contributed by atoms with Crippen LogP contribution in [0.1, 0.15) is 5.89 Å². The molecule has 0 aliphatic carbocycles. The molecule has 0 atom stereocenters. The maximum absolute atomic E-state index is 12.9. The van der Waals surface area contributed by atoms with Crippen LogP contribution in [0.3, 0.4) is 0 Å². The van der Waals surface area contributed by atoms with Crippen molar-refractivity contribution in [1.82, 2.24) is 19.9 Å². The topological polar surface area (TPSA) is 82.7 Å². The minimum absolute atomic E-state index is 0.249. The Morgan fingerprint density at radius 2 is 1.91 bits per heavy atom. The number of hydrogen-bond acceptors (Lipinski definition) is 6. The molecular formula is C15H17FN4O3. The molecular weight excluding hydrogens is 303 g/mol. The maximum atomic E-state index is 12.9. The van der Waals surface area contributed by atoms with E-state index in [-0.39, 0.29) is 11.7 Å². The van der Waals surface area contributed by atoms with E-state index in [1.807, 2.05) is 0 Å². The summed E-state index contributed by atoms with van der Waals surface area (Å²) in [6, 6.07) is 5.90. The Kier molecular flexibility index (Phi) is 4.63. The monoisotopic (exact) mass is 320 g/mol. The number of carbonyl (C=O) groups is 1. The first-order valence-corrected chi connectivity index (χ1v) is 7.35. The van der Waals surface area contributed by atoms with E-state index in [0.29, 0.717) is 50.0 Å². The van der Waals surface area contributed by atoms with E-state index in [4.69, 9.17) is 9.63 Å². The second kappa shape index (κ2) is 6.84. The van der Waals surface area contributed by atoms with Gasteiger partial charge in [-0.2, -0.15) is 4.98 Å². The Morgan fingerprint density at radius 3 is 2.57 bits per heavy atom. The first-order valence-electron chi connectivity index (χ1n) is 7.35. The molecule has 0 radical (unpaired) electrons. The molecule has 2 heterocycles. The van der Waals surface area contributed by atoms with Gasteiger partial charge in [0.15, 0.2) is 0 Å². The molecule has 1 aliphatic heterocycles. The normalized spacial score (nSPS) is 15.8. The van der Waals surface area contributed by atoms with Crippen molar-refractivity contribution in [3.63, 3.8) is 0 Å². The lowest BCUT2D eigenvalue weighted by molar-refractivity contribution is -0.136. The van der Waals surface area contributed by atoms with Gasteiger partial charge in [-0.15, -0.1) is 0 Å². The highest BCUT2D eigenvalue weighted by atomic mass is 19.1. The molecule has 23 heavy (non-hydrogen) atoms. The van der Waals surface area contributed by atoms with Crippen LogP contribution in [-0.2, 0) is 11.3 Å². The first kappa shape index (κ1) is 15.6. The van der Waals surface area contributed by atoms with Crippen molar-refractivity contribution in [2.45, 2.75) is 6.54 Å². The number of aromatic nitrogens is 2. The van der Waals surface area contributed by atoms with Crippen LogP contribution in [0, 0.1) is 5.82 Å². The van der Waals surface area contributed by atoms with Gasteiger partial charge in [0, 0.05) is 31.7 Å². The van der Waals surface area contributed by atoms with Gasteiger partial charge < -0.3 is 14.5 Å². The third-order valence-electron chi connectivity index (χ3n) is 3.79. The highest BCUT2D eigenvalue weighted by Crippen LogP contribution is 2.17. The summed E-state index contributed by atoms with van der Waals surface area (Å²) < 4.78 is 18.1. The molecule has 0 unspecified atom stereocenters. The summed E-state index contributed by atoms with van der Waals surface area (Å²) in [5, 5.41) is 12.8. The predicted octanol–water partition coefficient (Wildman–Crippen LogP) is 0.512. The quantitative estimate of drug-likeness (QED) is 0.884. The van der Waals surface area contributed by atoms with Crippen LogP contribution in [0.5, 0.6) is 0 Å². The third kappa shape index (κ3) is 3.72. The summed E-state index contributed by atoms with van der Waals surface area (Å²) in [6.07, 6.45) is 0. The molecule has 1 saturated heterocycles. The van der Waals surface area contributed by atoms with Gasteiger partial charge in [0.25, 0.3) is 0 Å². The first-order chi connectivity index (χ1) is 11.2. The summed E-state index contributed by atoms with van der Waals surface area (Å²) >= 11 is 0. The number of benzene rings is 1. The molecule has 7 nitrogen and oxygen atoms in total. The summed E-state index contributed by atoms with van der Waals surface area (Å²) in [7, 11) is 0. The lowest BCUT2D eigenvalue weighted by Crippen LogP contribution is -2.49. The van der Waals surface area contributed by atoms with Crippen molar-refractivity contribution < 1.29 is 18.8 Å². The maximum Gasteiger partial charge on any atom is 0.248 e. The summed E-state index contributed by atoms with van der Waals surface area (Å²) in [5.41, 5.74) is 0.694. The van der Waals surface area contributed by atoms with Crippen molar-refractivity contribution >= 4 is 5.91 Å². The van der Waals surface area contributed by atoms with Crippen LogP contribution in [0.25, 0.3) is 11.4 Å². The average Bonchev–Trinajstić information content (AvgIpc) is 3.04. The zero-order chi connectivity index (χ0) is 16.2. The van der Waals surface area contributed by atoms with E-state index in [9.17, 15) is 9.18 Å². The van der Waals surface area contributed by atoms with Gasteiger partial charge in [-0.25, -0.2) is 4.39 Å². The van der Waals surface area contributed by atoms with Gasteiger partial charge in [0.2, 0.25) is 17.6 Å². The van der Waals surface area contributed by atoms with Crippen molar-refractivity contribution in [3.8, 4) is 11.4 Å². The van der Waals surface area contributed by atoms with E-state index in [1.165, 1.54) is 12.1 Å². The highest BCUT2D eigenvalue weighted by Gasteiger charge is 2.22. The van der Waals surface area contributed by atoms with E-state index < -0.39 is 6.61 Å². The Hall–Kier alpha value is -2.32. The Balaban J connectivity index is 1.58. The molecule has 8 heteroatoms. The molecule has 0 bridgehead atoms. The molecule has 1 fully saturated rings. The number of aliphatic hydroxyl groups is 1. The molecule has 1 N–H and O–H groups in total. The fourth-order valence-corrected chi connectivity index (χ4v) is 2.48. The van der Waals surface area contributed by atoms with E-state index in [0.717, 1.165) is 0 Å². The standard InChI is InChI=1S/C15H17FN4O3/c16-12-3-1-11(2-4-12)15-17-13(23-18-15)9-19-5-7-20(8-6-19)14(22)10-21/h1-4,21H,5-10H2. The number of hydrogen-bond donors (Lipinski definition) is 1. The zero-order valence-corrected chi connectivity index (χ0v) is 12.5. The van der Waals surface area contributed by atoms with Gasteiger partial charge in [-0.1, -0.05) is 5.16 Å². The van der Waals surface area contributed by atoms with Crippen LogP contribution in [0.4, 0.5) is 4.39 Å². The lowest BCUT2D eigenvalue weighted by atomic mass is 10.2. The Morgan fingerprint density at radius 1 is 1.22 bits per heavy atom. The van der Waals surface area contributed by atoms with Crippen molar-refractivity contribution in [3.05, 3.63) is 36.0 Å². The summed E-state index contributed by atoms with van der Waals surface area (Å²) in [6.45, 7) is 2.54. The van der Waals surface area contributed by atoms with Gasteiger partial charge in [0.05, 0.1) is 6.54 Å². The molecule has 122 valence electrons. The van der Waals surface area contributed by atoms with Gasteiger partial charge in [-0.3, -0.25) is 9.69 Å². The van der Waals surface area contributed by atoms with Crippen LogP contribution in [0.2, 0.25) is 0 Å². The lowest BCUT2D eigenvalue weighted by Gasteiger charge is -2.33. The second-order valence-electron chi connectivity index (χ2n) is 5.33. The van der Waals surface area contributed by atoms with E-state index >= 15 is 0 Å². The largest absolute Gasteiger partial charge is 0.387 e. The second-order valence-corrected chi connectivity index (χ2v) is 5.33. The number of carbonyl (C=O) groups excluding carboxylic acids is 1. The highest BCUT2D eigenvalue weighted by molar-refractivity contribution is 5.77. The fraction of sp³-hybridized carbons (Fsp3) is 0.400. The molecule has 1 aromatic heterocycles. The van der Waals surface area contributed by atoms with Gasteiger partial charge in [0.1, 0.15) is 12.4 Å². The number of rotatable bonds is 4. The third-order valence-corrected chi connectivity index (χ3v) is 3.79. The smallest absolute Gasteiger partial charge is 0.248 e. The van der Waals surface area contributed by atoms with E-state index in [2.05, 4.69) is 15.0 Å². The fourth-order valence-electron chi connectivity index (χ4n) is 2.48. The molecule has 1 aromatic carbocycles. The number of halogens is 1. The van der Waals surface area contributed by atoms with E-state index in [1.54, 1.807) is 17.0 Å². The number of aliphatic hydroxyl groups excluding tert-OH is 1. The summed E-state index contributed by atoms with van der Waals surface area (Å²) in [5.74, 6) is 0.342. The van der Waals surface area contributed by atoms with Crippen molar-refractivity contribution in [1.29, 1.82) is 0 Å². The number of piperazine rings is 1. The van der Waals surface area contributed by atoms with Crippen molar-refractivity contribution in [2.24, 2.45) is 0 Å². The Labute approximate surface area is 132 Å². The SMILES string of the molecule is O=C(CO)N1CCN(Cc2nc(-c3ccc(F)cc3)no2)CC1. The molecule has 3 rings (SSSR count). The van der Waals surface area contributed by atoms with Crippen LogP contribution in [0.15, 0.2) is 28.8 Å². The molecule has 1 amide bonds. The average molecular weight is 320 g/mol. The minimum atomic E-state index is -0.454. The number of amides is 1. The minimum Gasteiger partial charge on any atom is -0.387 e. The summed E-state index contributed by atoms with van der Waals surface area (Å²) in [4.78, 5) is 19.5. The van der Waals surface area contributed by atoms with Crippen molar-refractivity contribution in [2.75, 3.05) is 32.8 Å². The van der Waals surface area contributed by atoms with Crippen LogP contribution < -0.4 is 0 Å². The molecule has 1 aliphatic rings. The Bertz CT molecular complexity index is 666. The molecule has 2 aromatic rings. The van der Waals surface area contributed by atoms with Crippen LogP contribution >= 0.6 is 0 Å². The predicted molar refractivity (Wildman–Crippen MR) is 78.6 cm³/mol. The van der Waals surface area contributed by atoms with Gasteiger partial charge in [-0.05, 0) is 24.3 Å². The zero-order valence-electron chi connectivity index (χ0n) is 12.5. The van der Waals surface area contributed by atoms with Gasteiger partial charge >= 0.3 is 0 Å².